The second kappa shape index (κ2) is 20.5. The first kappa shape index (κ1) is 34.2. The molecule has 31 heavy (non-hydrogen) atoms. The Hall–Kier alpha value is -1.38. The number of aliphatic hydroxyl groups is 5. The summed E-state index contributed by atoms with van der Waals surface area (Å²) in [5.74, 6) is -3.54. The van der Waals surface area contributed by atoms with Crippen molar-refractivity contribution in [3.05, 3.63) is 0 Å². The molecule has 0 bridgehead atoms. The summed E-state index contributed by atoms with van der Waals surface area (Å²) in [6, 6.07) is 0. The second-order valence-electron chi connectivity index (χ2n) is 7.12. The largest absolute Gasteiger partial charge is 0.479 e. The first-order chi connectivity index (χ1) is 14.1. The summed E-state index contributed by atoms with van der Waals surface area (Å²) in [6.45, 7) is 12.3. The van der Waals surface area contributed by atoms with Crippen LogP contribution in [0.5, 0.6) is 0 Å². The van der Waals surface area contributed by atoms with Gasteiger partial charge < -0.3 is 50.0 Å². The minimum Gasteiger partial charge on any atom is -0.479 e. The van der Waals surface area contributed by atoms with Gasteiger partial charge in [0.2, 0.25) is 0 Å². The Morgan fingerprint density at radius 2 is 1.00 bits per heavy atom. The zero-order valence-corrected chi connectivity index (χ0v) is 19.0. The molecule has 0 aliphatic carbocycles. The van der Waals surface area contributed by atoms with Crippen LogP contribution in [0.1, 0.15) is 41.5 Å². The van der Waals surface area contributed by atoms with Crippen molar-refractivity contribution in [2.45, 2.75) is 84.3 Å². The van der Waals surface area contributed by atoms with Crippen molar-refractivity contribution in [1.82, 2.24) is 0 Å². The number of carboxylic acids is 2. The lowest BCUT2D eigenvalue weighted by molar-refractivity contribution is -0.165. The third-order valence-corrected chi connectivity index (χ3v) is 2.97. The summed E-state index contributed by atoms with van der Waals surface area (Å²) in [6.07, 6.45) is -5.25. The Kier molecular flexibility index (Phi) is 22.7. The van der Waals surface area contributed by atoms with Gasteiger partial charge in [-0.1, -0.05) is 0 Å². The molecule has 0 amide bonds. The highest BCUT2D eigenvalue weighted by Gasteiger charge is 2.29. The Balaban J connectivity index is -0.000000384. The number of aliphatic carboxylic acids is 2. The molecular formula is C19H40O12. The van der Waals surface area contributed by atoms with Crippen LogP contribution in [-0.2, 0) is 23.8 Å². The van der Waals surface area contributed by atoms with E-state index in [0.717, 1.165) is 0 Å². The van der Waals surface area contributed by atoms with Gasteiger partial charge in [-0.3, -0.25) is 0 Å². The van der Waals surface area contributed by atoms with Crippen molar-refractivity contribution in [1.29, 1.82) is 0 Å². The molecule has 0 fully saturated rings. The van der Waals surface area contributed by atoms with Gasteiger partial charge in [-0.2, -0.15) is 0 Å². The van der Waals surface area contributed by atoms with Crippen LogP contribution in [0.4, 0.5) is 0 Å². The predicted molar refractivity (Wildman–Crippen MR) is 110 cm³/mol. The van der Waals surface area contributed by atoms with E-state index in [1.54, 1.807) is 20.8 Å². The molecule has 7 N–H and O–H groups in total. The summed E-state index contributed by atoms with van der Waals surface area (Å²) < 4.78 is 15.6. The molecule has 0 radical (unpaired) electrons. The molecule has 0 aromatic rings. The van der Waals surface area contributed by atoms with E-state index in [9.17, 15) is 9.59 Å². The van der Waals surface area contributed by atoms with Gasteiger partial charge >= 0.3 is 11.9 Å². The van der Waals surface area contributed by atoms with Gasteiger partial charge in [-0.15, -0.1) is 0 Å². The lowest BCUT2D eigenvalue weighted by atomic mass is 10.2. The van der Waals surface area contributed by atoms with Gasteiger partial charge in [-0.05, 0) is 41.5 Å². The van der Waals surface area contributed by atoms with E-state index in [0.29, 0.717) is 19.8 Å². The van der Waals surface area contributed by atoms with Gasteiger partial charge in [0.25, 0.3) is 0 Å². The predicted octanol–water partition coefficient (Wildman–Crippen LogP) is -1.16. The number of rotatable bonds is 13. The average molecular weight is 461 g/mol. The quantitative estimate of drug-likeness (QED) is 0.174. The van der Waals surface area contributed by atoms with Crippen molar-refractivity contribution >= 4 is 11.9 Å². The molecule has 0 aromatic carbocycles. The standard InChI is InChI=1S/C9H20O3.C6H14O3.C4H6O6/c1-7(2)11-6-9(4)12-5-8(3)10;1-5(8)4-9-6(2)3-7;5-1(3(7)8)2(6)4(9)10/h7-10H,5-6H2,1-4H3;5-8H,3-4H2,1-2H3;1-2,5-6H,(H,7,8)(H,9,10). The zero-order chi connectivity index (χ0) is 25.1. The van der Waals surface area contributed by atoms with Gasteiger partial charge in [0, 0.05) is 0 Å². The molecule has 0 aliphatic heterocycles. The molecule has 0 aliphatic rings. The highest BCUT2D eigenvalue weighted by Crippen LogP contribution is 1.97. The lowest BCUT2D eigenvalue weighted by Gasteiger charge is -2.15. The van der Waals surface area contributed by atoms with E-state index >= 15 is 0 Å². The van der Waals surface area contributed by atoms with E-state index in [4.69, 9.17) is 50.0 Å². The van der Waals surface area contributed by atoms with E-state index < -0.39 is 36.4 Å². The molecule has 0 heterocycles. The van der Waals surface area contributed by atoms with Crippen LogP contribution < -0.4 is 0 Å². The van der Waals surface area contributed by atoms with E-state index in [1.165, 1.54) is 0 Å². The lowest BCUT2D eigenvalue weighted by Crippen LogP contribution is -2.39. The SMILES string of the molecule is CC(O)COC(C)CO.CC(O)COC(C)COC(C)C.O=C(O)C(O)C(O)C(=O)O. The molecule has 188 valence electrons. The maximum absolute atomic E-state index is 9.77. The minimum absolute atomic E-state index is 0.00667. The smallest absolute Gasteiger partial charge is 0.335 e. The van der Waals surface area contributed by atoms with Gasteiger partial charge in [0.1, 0.15) is 0 Å². The highest BCUT2D eigenvalue weighted by atomic mass is 16.5. The summed E-state index contributed by atoms with van der Waals surface area (Å²) in [5, 5.41) is 58.6. The topological polar surface area (TPSA) is 203 Å². The fourth-order valence-corrected chi connectivity index (χ4v) is 1.31. The second-order valence-corrected chi connectivity index (χ2v) is 7.12. The van der Waals surface area contributed by atoms with Crippen LogP contribution in [0.2, 0.25) is 0 Å². The maximum Gasteiger partial charge on any atom is 0.335 e. The Labute approximate surface area is 183 Å². The summed E-state index contributed by atoms with van der Waals surface area (Å²) in [7, 11) is 0. The maximum atomic E-state index is 9.77. The number of aliphatic hydroxyl groups excluding tert-OH is 5. The van der Waals surface area contributed by atoms with Crippen molar-refractivity contribution in [2.75, 3.05) is 26.4 Å². The van der Waals surface area contributed by atoms with E-state index in [2.05, 4.69) is 0 Å². The Morgan fingerprint density at radius 3 is 1.26 bits per heavy atom. The van der Waals surface area contributed by atoms with Crippen LogP contribution in [0.3, 0.4) is 0 Å². The summed E-state index contributed by atoms with van der Waals surface area (Å²) >= 11 is 0. The highest BCUT2D eigenvalue weighted by molar-refractivity contribution is 5.83. The minimum atomic E-state index is -2.27. The number of carboxylic acid groups (broad SMARTS) is 2. The molecular weight excluding hydrogens is 420 g/mol. The third kappa shape index (κ3) is 26.6. The normalized spacial score (nSPS) is 16.5. The van der Waals surface area contributed by atoms with Crippen LogP contribution >= 0.6 is 0 Å². The summed E-state index contributed by atoms with van der Waals surface area (Å²) in [4.78, 5) is 19.5. The first-order valence-electron chi connectivity index (χ1n) is 9.79. The number of carbonyl (C=O) groups is 2. The van der Waals surface area contributed by atoms with Gasteiger partial charge in [-0.25, -0.2) is 9.59 Å². The molecule has 0 spiro atoms. The van der Waals surface area contributed by atoms with Crippen molar-refractivity contribution in [2.24, 2.45) is 0 Å². The third-order valence-electron chi connectivity index (χ3n) is 2.97. The van der Waals surface area contributed by atoms with E-state index in [-0.39, 0.29) is 24.9 Å². The van der Waals surface area contributed by atoms with Crippen LogP contribution in [-0.4, -0.2) is 117 Å². The molecule has 12 heteroatoms. The number of hydrogen-bond acceptors (Lipinski definition) is 10. The van der Waals surface area contributed by atoms with E-state index in [1.807, 2.05) is 20.8 Å². The van der Waals surface area contributed by atoms with Gasteiger partial charge in [0.05, 0.1) is 56.9 Å². The molecule has 6 atom stereocenters. The first-order valence-corrected chi connectivity index (χ1v) is 9.79. The molecule has 0 rings (SSSR count). The molecule has 0 saturated carbocycles. The average Bonchev–Trinajstić information content (AvgIpc) is 2.68. The fourth-order valence-electron chi connectivity index (χ4n) is 1.31. The molecule has 0 saturated heterocycles. The Bertz CT molecular complexity index is 412. The van der Waals surface area contributed by atoms with Crippen molar-refractivity contribution in [3.8, 4) is 0 Å². The molecule has 0 aromatic heterocycles. The molecule has 12 nitrogen and oxygen atoms in total. The van der Waals surface area contributed by atoms with Crippen LogP contribution in [0.15, 0.2) is 0 Å². The summed E-state index contributed by atoms with van der Waals surface area (Å²) in [5.41, 5.74) is 0. The number of hydrogen-bond donors (Lipinski definition) is 7. The van der Waals surface area contributed by atoms with Crippen LogP contribution in [0, 0.1) is 0 Å². The Morgan fingerprint density at radius 1 is 0.645 bits per heavy atom. The zero-order valence-electron chi connectivity index (χ0n) is 19.0. The van der Waals surface area contributed by atoms with Crippen LogP contribution in [0.25, 0.3) is 0 Å². The number of ether oxygens (including phenoxy) is 3. The van der Waals surface area contributed by atoms with Crippen molar-refractivity contribution < 1.29 is 59.5 Å². The fraction of sp³-hybridized carbons (Fsp3) is 0.895. The van der Waals surface area contributed by atoms with Gasteiger partial charge in [0.15, 0.2) is 12.2 Å². The monoisotopic (exact) mass is 460 g/mol. The molecule has 6 unspecified atom stereocenters. The van der Waals surface area contributed by atoms with Crippen molar-refractivity contribution in [3.63, 3.8) is 0 Å².